The summed E-state index contributed by atoms with van der Waals surface area (Å²) in [6, 6.07) is 13.7. The highest BCUT2D eigenvalue weighted by Gasteiger charge is 2.23. The van der Waals surface area contributed by atoms with Gasteiger partial charge in [-0.05, 0) is 30.7 Å². The molecule has 0 aliphatic carbocycles. The number of aliphatic hydroxyl groups excluding tert-OH is 1. The van der Waals surface area contributed by atoms with Crippen LogP contribution in [-0.4, -0.2) is 41.2 Å². The van der Waals surface area contributed by atoms with Crippen LogP contribution in [0.25, 0.3) is 27.9 Å². The monoisotopic (exact) mass is 403 g/mol. The third kappa shape index (κ3) is 3.15. The van der Waals surface area contributed by atoms with Crippen LogP contribution in [0.1, 0.15) is 18.3 Å². The topological polar surface area (TPSA) is 105 Å². The van der Waals surface area contributed by atoms with Gasteiger partial charge < -0.3 is 15.4 Å². The lowest BCUT2D eigenvalue weighted by atomic mass is 10.2. The Bertz CT molecular complexity index is 1320. The molecule has 0 radical (unpaired) electrons. The van der Waals surface area contributed by atoms with E-state index in [0.717, 1.165) is 5.69 Å². The number of para-hydroxylation sites is 1. The molecule has 5 rings (SSSR count). The summed E-state index contributed by atoms with van der Waals surface area (Å²) in [5, 5.41) is 13.1. The van der Waals surface area contributed by atoms with E-state index in [-0.39, 0.29) is 12.4 Å². The fourth-order valence-electron chi connectivity index (χ4n) is 3.58. The van der Waals surface area contributed by atoms with E-state index in [4.69, 9.17) is 4.98 Å². The van der Waals surface area contributed by atoms with Crippen LogP contribution in [0, 0.1) is 5.82 Å². The van der Waals surface area contributed by atoms with Crippen molar-refractivity contribution in [2.75, 3.05) is 11.9 Å². The van der Waals surface area contributed by atoms with Gasteiger partial charge in [0.05, 0.1) is 23.4 Å². The van der Waals surface area contributed by atoms with Crippen LogP contribution in [0.3, 0.4) is 0 Å². The molecule has 0 amide bonds. The zero-order chi connectivity index (χ0) is 20.5. The first-order chi connectivity index (χ1) is 14.7. The molecule has 0 bridgehead atoms. The molecule has 8 nitrogen and oxygen atoms in total. The lowest BCUT2D eigenvalue weighted by Gasteiger charge is -2.20. The average molecular weight is 403 g/mol. The van der Waals surface area contributed by atoms with Crippen LogP contribution >= 0.6 is 0 Å². The number of hydrogen-bond acceptors (Lipinski definition) is 6. The number of nitrogens with one attached hydrogen (secondary N) is 2. The first kappa shape index (κ1) is 18.2. The second-order valence-corrected chi connectivity index (χ2v) is 6.81. The Morgan fingerprint density at radius 3 is 2.80 bits per heavy atom. The summed E-state index contributed by atoms with van der Waals surface area (Å²) in [6.45, 7) is -0.0706. The minimum atomic E-state index is -0.402. The highest BCUT2D eigenvalue weighted by atomic mass is 19.1. The van der Waals surface area contributed by atoms with Gasteiger partial charge in [0.15, 0.2) is 11.5 Å². The molecule has 1 unspecified atom stereocenters. The van der Waals surface area contributed by atoms with Crippen molar-refractivity contribution in [3.8, 4) is 5.69 Å². The molecule has 0 aliphatic rings. The highest BCUT2D eigenvalue weighted by Crippen LogP contribution is 2.30. The van der Waals surface area contributed by atoms with E-state index in [2.05, 4.69) is 25.3 Å². The molecule has 1 atom stereocenters. The molecule has 9 heteroatoms. The van der Waals surface area contributed by atoms with Crippen molar-refractivity contribution >= 4 is 28.0 Å². The third-order valence-corrected chi connectivity index (χ3v) is 4.91. The van der Waals surface area contributed by atoms with Crippen molar-refractivity contribution in [1.29, 1.82) is 0 Å². The summed E-state index contributed by atoms with van der Waals surface area (Å²) in [6.07, 6.45) is 3.36. The Morgan fingerprint density at radius 2 is 1.97 bits per heavy atom. The van der Waals surface area contributed by atoms with Gasteiger partial charge in [-0.25, -0.2) is 24.3 Å². The van der Waals surface area contributed by atoms with Crippen molar-refractivity contribution in [3.05, 3.63) is 72.8 Å². The third-order valence-electron chi connectivity index (χ3n) is 4.91. The molecule has 0 saturated carbocycles. The Morgan fingerprint density at radius 1 is 1.10 bits per heavy atom. The van der Waals surface area contributed by atoms with E-state index in [0.29, 0.717) is 40.3 Å². The van der Waals surface area contributed by atoms with Crippen molar-refractivity contribution in [3.63, 3.8) is 0 Å². The zero-order valence-corrected chi connectivity index (χ0v) is 15.8. The molecule has 0 fully saturated rings. The Hall–Kier alpha value is -3.85. The van der Waals surface area contributed by atoms with E-state index < -0.39 is 6.04 Å². The Balaban J connectivity index is 1.68. The van der Waals surface area contributed by atoms with Gasteiger partial charge in [0.25, 0.3) is 0 Å². The quantitative estimate of drug-likeness (QED) is 0.402. The number of nitrogens with zero attached hydrogens (tertiary/aromatic N) is 5. The SMILES string of the molecule is OCCC(Nc1ncnc2[nH]cnc12)c1nc2ccc(F)cc2n1-c1ccccc1. The smallest absolute Gasteiger partial charge is 0.162 e. The summed E-state index contributed by atoms with van der Waals surface area (Å²) in [7, 11) is 0. The number of fused-ring (bicyclic) bond motifs is 2. The molecule has 3 heterocycles. The van der Waals surface area contributed by atoms with Crippen LogP contribution in [0.2, 0.25) is 0 Å². The predicted molar refractivity (Wildman–Crippen MR) is 111 cm³/mol. The van der Waals surface area contributed by atoms with Gasteiger partial charge in [0.1, 0.15) is 23.5 Å². The maximum atomic E-state index is 14.1. The first-order valence-electron chi connectivity index (χ1n) is 9.49. The fraction of sp³-hybridized carbons (Fsp3) is 0.143. The van der Waals surface area contributed by atoms with Crippen LogP contribution in [-0.2, 0) is 0 Å². The molecule has 150 valence electrons. The van der Waals surface area contributed by atoms with E-state index in [9.17, 15) is 9.50 Å². The number of imidazole rings is 2. The lowest BCUT2D eigenvalue weighted by molar-refractivity contribution is 0.278. The van der Waals surface area contributed by atoms with Crippen molar-refractivity contribution in [1.82, 2.24) is 29.5 Å². The second-order valence-electron chi connectivity index (χ2n) is 6.81. The molecule has 0 spiro atoms. The van der Waals surface area contributed by atoms with Gasteiger partial charge in [0.2, 0.25) is 0 Å². The Labute approximate surface area is 170 Å². The molecule has 0 aliphatic heterocycles. The fourth-order valence-corrected chi connectivity index (χ4v) is 3.58. The zero-order valence-electron chi connectivity index (χ0n) is 15.8. The Kier molecular flexibility index (Phi) is 4.56. The number of halogens is 1. The number of hydrogen-bond donors (Lipinski definition) is 3. The van der Waals surface area contributed by atoms with E-state index in [1.54, 1.807) is 12.4 Å². The van der Waals surface area contributed by atoms with Crippen LogP contribution in [0.5, 0.6) is 0 Å². The number of anilines is 1. The van der Waals surface area contributed by atoms with Gasteiger partial charge in [-0.2, -0.15) is 0 Å². The summed E-state index contributed by atoms with van der Waals surface area (Å²) in [5.41, 5.74) is 3.35. The van der Waals surface area contributed by atoms with E-state index in [1.807, 2.05) is 34.9 Å². The first-order valence-corrected chi connectivity index (χ1v) is 9.49. The minimum absolute atomic E-state index is 0.0706. The predicted octanol–water partition coefficient (Wildman–Crippen LogP) is 3.37. The summed E-state index contributed by atoms with van der Waals surface area (Å²) in [5.74, 6) is 0.822. The van der Waals surface area contributed by atoms with Crippen LogP contribution in [0.4, 0.5) is 10.2 Å². The number of H-pyrrole nitrogens is 1. The van der Waals surface area contributed by atoms with E-state index in [1.165, 1.54) is 18.5 Å². The van der Waals surface area contributed by atoms with Crippen molar-refractivity contribution in [2.45, 2.75) is 12.5 Å². The molecule has 3 aromatic heterocycles. The highest BCUT2D eigenvalue weighted by molar-refractivity contribution is 5.82. The lowest BCUT2D eigenvalue weighted by Crippen LogP contribution is -2.18. The van der Waals surface area contributed by atoms with Crippen molar-refractivity contribution < 1.29 is 9.50 Å². The second kappa shape index (κ2) is 7.53. The van der Waals surface area contributed by atoms with Gasteiger partial charge in [-0.1, -0.05) is 18.2 Å². The number of aliphatic hydroxyl groups is 1. The van der Waals surface area contributed by atoms with Gasteiger partial charge in [-0.3, -0.25) is 4.57 Å². The molecule has 0 saturated heterocycles. The molecule has 2 aromatic carbocycles. The molecular weight excluding hydrogens is 385 g/mol. The summed E-state index contributed by atoms with van der Waals surface area (Å²) in [4.78, 5) is 20.5. The molecule has 3 N–H and O–H groups in total. The number of aromatic nitrogens is 6. The molecular formula is C21H18FN7O. The number of rotatable bonds is 6. The molecule has 30 heavy (non-hydrogen) atoms. The normalized spacial score (nSPS) is 12.5. The van der Waals surface area contributed by atoms with E-state index >= 15 is 0 Å². The van der Waals surface area contributed by atoms with Gasteiger partial charge >= 0.3 is 0 Å². The van der Waals surface area contributed by atoms with Crippen LogP contribution in [0.15, 0.2) is 61.2 Å². The standard InChI is InChI=1S/C21H18FN7O/c22-13-6-7-15-17(10-13)29(14-4-2-1-3-5-14)21(28-15)16(8-9-30)27-20-18-19(24-11-23-18)25-12-26-20/h1-7,10-12,16,30H,8-9H2,(H2,23,24,25,26,27). The summed E-state index contributed by atoms with van der Waals surface area (Å²) >= 11 is 0. The largest absolute Gasteiger partial charge is 0.396 e. The minimum Gasteiger partial charge on any atom is -0.396 e. The van der Waals surface area contributed by atoms with Crippen molar-refractivity contribution in [2.24, 2.45) is 0 Å². The number of aromatic amines is 1. The average Bonchev–Trinajstić information content (AvgIpc) is 3.39. The van der Waals surface area contributed by atoms with Crippen LogP contribution < -0.4 is 5.32 Å². The maximum Gasteiger partial charge on any atom is 0.162 e. The summed E-state index contributed by atoms with van der Waals surface area (Å²) < 4.78 is 15.9. The molecule has 5 aromatic rings. The number of benzene rings is 2. The van der Waals surface area contributed by atoms with Gasteiger partial charge in [-0.15, -0.1) is 0 Å². The van der Waals surface area contributed by atoms with Gasteiger partial charge in [0, 0.05) is 18.4 Å². The maximum absolute atomic E-state index is 14.1.